The van der Waals surface area contributed by atoms with Crippen molar-refractivity contribution in [3.05, 3.63) is 51.9 Å². The van der Waals surface area contributed by atoms with Crippen LogP contribution in [0.2, 0.25) is 0 Å². The van der Waals surface area contributed by atoms with E-state index in [9.17, 15) is 4.79 Å². The van der Waals surface area contributed by atoms with Crippen molar-refractivity contribution in [2.75, 3.05) is 11.1 Å². The van der Waals surface area contributed by atoms with Crippen LogP contribution < -0.4 is 11.1 Å². The van der Waals surface area contributed by atoms with Crippen molar-refractivity contribution in [3.8, 4) is 0 Å². The van der Waals surface area contributed by atoms with E-state index in [2.05, 4.69) is 32.9 Å². The number of aromatic nitrogens is 1. The smallest absolute Gasteiger partial charge is 0.274 e. The molecule has 0 aliphatic rings. The largest absolute Gasteiger partial charge is 0.399 e. The van der Waals surface area contributed by atoms with Crippen molar-refractivity contribution in [2.24, 2.45) is 0 Å². The summed E-state index contributed by atoms with van der Waals surface area (Å²) in [5.41, 5.74) is 7.15. The van der Waals surface area contributed by atoms with Crippen molar-refractivity contribution in [2.45, 2.75) is 0 Å². The number of nitrogen functional groups attached to an aromatic ring is 1. The van der Waals surface area contributed by atoms with Crippen LogP contribution in [0.4, 0.5) is 11.4 Å². The molecule has 1 amide bonds. The van der Waals surface area contributed by atoms with Gasteiger partial charge in [0.25, 0.3) is 5.91 Å². The highest BCUT2D eigenvalue weighted by Crippen LogP contribution is 2.12. The summed E-state index contributed by atoms with van der Waals surface area (Å²) in [7, 11) is 0. The zero-order valence-electron chi connectivity index (χ0n) is 8.85. The number of carbonyl (C=O) groups is 1. The third kappa shape index (κ3) is 3.16. The lowest BCUT2D eigenvalue weighted by Gasteiger charge is -2.05. The molecule has 5 heteroatoms. The van der Waals surface area contributed by atoms with Gasteiger partial charge in [-0.3, -0.25) is 9.78 Å². The van der Waals surface area contributed by atoms with Gasteiger partial charge in [0.2, 0.25) is 0 Å². The quantitative estimate of drug-likeness (QED) is 0.827. The van der Waals surface area contributed by atoms with Crippen LogP contribution >= 0.6 is 22.6 Å². The van der Waals surface area contributed by atoms with Gasteiger partial charge in [0.1, 0.15) is 5.69 Å². The summed E-state index contributed by atoms with van der Waals surface area (Å²) >= 11 is 2.20. The van der Waals surface area contributed by atoms with Crippen molar-refractivity contribution in [1.82, 2.24) is 4.98 Å². The van der Waals surface area contributed by atoms with Crippen LogP contribution in [0.5, 0.6) is 0 Å². The fraction of sp³-hybridized carbons (Fsp3) is 0. The second-order valence-corrected chi connectivity index (χ2v) is 4.68. The third-order valence-corrected chi connectivity index (χ3v) is 2.84. The molecule has 0 saturated heterocycles. The molecule has 0 spiro atoms. The average Bonchev–Trinajstić information content (AvgIpc) is 2.32. The predicted molar refractivity (Wildman–Crippen MR) is 75.8 cm³/mol. The van der Waals surface area contributed by atoms with Gasteiger partial charge >= 0.3 is 0 Å². The van der Waals surface area contributed by atoms with Crippen LogP contribution in [-0.4, -0.2) is 10.9 Å². The van der Waals surface area contributed by atoms with E-state index < -0.39 is 0 Å². The first-order valence-corrected chi connectivity index (χ1v) is 6.01. The molecule has 0 bridgehead atoms. The highest BCUT2D eigenvalue weighted by atomic mass is 127. The van der Waals surface area contributed by atoms with E-state index in [0.29, 0.717) is 11.4 Å². The van der Waals surface area contributed by atoms with Crippen molar-refractivity contribution in [1.29, 1.82) is 0 Å². The highest BCUT2D eigenvalue weighted by molar-refractivity contribution is 14.1. The maximum Gasteiger partial charge on any atom is 0.274 e. The Hall–Kier alpha value is -1.63. The zero-order valence-corrected chi connectivity index (χ0v) is 11.0. The minimum Gasteiger partial charge on any atom is -0.399 e. The SMILES string of the molecule is Nc1ccnc(C(=O)Nc2ccc(I)cc2)c1. The van der Waals surface area contributed by atoms with Gasteiger partial charge in [-0.15, -0.1) is 0 Å². The van der Waals surface area contributed by atoms with E-state index in [1.807, 2.05) is 24.3 Å². The lowest BCUT2D eigenvalue weighted by Crippen LogP contribution is -2.13. The number of nitrogens with zero attached hydrogens (tertiary/aromatic N) is 1. The van der Waals surface area contributed by atoms with Crippen LogP contribution in [0.15, 0.2) is 42.6 Å². The minimum atomic E-state index is -0.265. The maximum atomic E-state index is 11.8. The molecule has 0 fully saturated rings. The highest BCUT2D eigenvalue weighted by Gasteiger charge is 2.07. The zero-order chi connectivity index (χ0) is 12.3. The Morgan fingerprint density at radius 1 is 1.24 bits per heavy atom. The standard InChI is InChI=1S/C12H10IN3O/c13-8-1-3-10(4-2-8)16-12(17)11-7-9(14)5-6-15-11/h1-7H,(H2,14,15)(H,16,17). The Balaban J connectivity index is 2.14. The van der Waals surface area contributed by atoms with E-state index in [4.69, 9.17) is 5.73 Å². The lowest BCUT2D eigenvalue weighted by molar-refractivity contribution is 0.102. The molecule has 0 aliphatic heterocycles. The molecule has 0 radical (unpaired) electrons. The predicted octanol–water partition coefficient (Wildman–Crippen LogP) is 2.52. The van der Waals surface area contributed by atoms with E-state index in [1.54, 1.807) is 12.1 Å². The van der Waals surface area contributed by atoms with E-state index in [1.165, 1.54) is 6.20 Å². The van der Waals surface area contributed by atoms with Crippen molar-refractivity contribution in [3.63, 3.8) is 0 Å². The van der Waals surface area contributed by atoms with Gasteiger partial charge in [-0.25, -0.2) is 0 Å². The summed E-state index contributed by atoms with van der Waals surface area (Å²) in [6.07, 6.45) is 1.51. The van der Waals surface area contributed by atoms with Gasteiger partial charge in [-0.1, -0.05) is 0 Å². The van der Waals surface area contributed by atoms with Gasteiger partial charge in [-0.05, 0) is 59.0 Å². The summed E-state index contributed by atoms with van der Waals surface area (Å²) in [5, 5.41) is 2.75. The molecule has 1 heterocycles. The summed E-state index contributed by atoms with van der Waals surface area (Å²) in [6.45, 7) is 0. The van der Waals surface area contributed by atoms with Crippen molar-refractivity contribution >= 4 is 39.9 Å². The number of halogens is 1. The lowest BCUT2D eigenvalue weighted by atomic mass is 10.3. The van der Waals surface area contributed by atoms with Gasteiger partial charge < -0.3 is 11.1 Å². The Bertz CT molecular complexity index is 540. The second kappa shape index (κ2) is 5.13. The monoisotopic (exact) mass is 339 g/mol. The van der Waals surface area contributed by atoms with Crippen molar-refractivity contribution < 1.29 is 4.79 Å². The number of pyridine rings is 1. The van der Waals surface area contributed by atoms with Crippen LogP contribution in [0, 0.1) is 3.57 Å². The summed E-state index contributed by atoms with van der Waals surface area (Å²) < 4.78 is 1.11. The van der Waals surface area contributed by atoms with Gasteiger partial charge in [0.05, 0.1) is 0 Å². The third-order valence-electron chi connectivity index (χ3n) is 2.12. The van der Waals surface area contributed by atoms with Gasteiger partial charge in [0, 0.05) is 21.1 Å². The molecule has 2 aromatic rings. The van der Waals surface area contributed by atoms with E-state index in [-0.39, 0.29) is 5.91 Å². The number of nitrogens with two attached hydrogens (primary N) is 1. The van der Waals surface area contributed by atoms with Crippen LogP contribution in [-0.2, 0) is 0 Å². The molecule has 0 unspecified atom stereocenters. The van der Waals surface area contributed by atoms with Crippen LogP contribution in [0.25, 0.3) is 0 Å². The molecule has 0 atom stereocenters. The summed E-state index contributed by atoms with van der Waals surface area (Å²) in [5.74, 6) is -0.265. The first kappa shape index (κ1) is 11.8. The Labute approximate surface area is 112 Å². The van der Waals surface area contributed by atoms with E-state index in [0.717, 1.165) is 9.26 Å². The molecule has 4 nitrogen and oxygen atoms in total. The molecular weight excluding hydrogens is 329 g/mol. The molecule has 17 heavy (non-hydrogen) atoms. The molecule has 3 N–H and O–H groups in total. The summed E-state index contributed by atoms with van der Waals surface area (Å²) in [4.78, 5) is 15.8. The maximum absolute atomic E-state index is 11.8. The summed E-state index contributed by atoms with van der Waals surface area (Å²) in [6, 6.07) is 10.7. The fourth-order valence-corrected chi connectivity index (χ4v) is 1.66. The topological polar surface area (TPSA) is 68.0 Å². The average molecular weight is 339 g/mol. The van der Waals surface area contributed by atoms with Crippen LogP contribution in [0.3, 0.4) is 0 Å². The number of hydrogen-bond donors (Lipinski definition) is 2. The second-order valence-electron chi connectivity index (χ2n) is 3.44. The molecular formula is C12H10IN3O. The number of amides is 1. The normalized spacial score (nSPS) is 9.94. The first-order valence-electron chi connectivity index (χ1n) is 4.93. The Kier molecular flexibility index (Phi) is 3.58. The first-order chi connectivity index (χ1) is 8.15. The number of hydrogen-bond acceptors (Lipinski definition) is 3. The molecule has 1 aromatic heterocycles. The molecule has 0 saturated carbocycles. The van der Waals surface area contributed by atoms with E-state index >= 15 is 0 Å². The Morgan fingerprint density at radius 2 is 1.94 bits per heavy atom. The fourth-order valence-electron chi connectivity index (χ4n) is 1.30. The molecule has 1 aromatic carbocycles. The Morgan fingerprint density at radius 3 is 2.59 bits per heavy atom. The number of anilines is 2. The number of carbonyl (C=O) groups excluding carboxylic acids is 1. The number of rotatable bonds is 2. The molecule has 86 valence electrons. The van der Waals surface area contributed by atoms with Gasteiger partial charge in [0.15, 0.2) is 0 Å². The molecule has 2 rings (SSSR count). The minimum absolute atomic E-state index is 0.265. The molecule has 0 aliphatic carbocycles. The van der Waals surface area contributed by atoms with Crippen LogP contribution in [0.1, 0.15) is 10.5 Å². The number of benzene rings is 1. The number of nitrogens with one attached hydrogen (secondary N) is 1. The van der Waals surface area contributed by atoms with Gasteiger partial charge in [-0.2, -0.15) is 0 Å².